The minimum atomic E-state index is -1.08. The Balaban J connectivity index is 1.71. The Labute approximate surface area is 203 Å². The van der Waals surface area contributed by atoms with Gasteiger partial charge >= 0.3 is 11.9 Å². The van der Waals surface area contributed by atoms with Crippen LogP contribution in [0, 0.1) is 13.8 Å². The number of rotatable bonds is 4. The van der Waals surface area contributed by atoms with Crippen LogP contribution in [0.15, 0.2) is 66.5 Å². The summed E-state index contributed by atoms with van der Waals surface area (Å²) < 4.78 is 0.556. The summed E-state index contributed by atoms with van der Waals surface area (Å²) in [6.45, 7) is 3.84. The minimum absolute atomic E-state index is 0.0586. The summed E-state index contributed by atoms with van der Waals surface area (Å²) in [4.78, 5) is 47.8. The van der Waals surface area contributed by atoms with Gasteiger partial charge in [-0.15, -0.1) is 0 Å². The number of ketones is 1. The summed E-state index contributed by atoms with van der Waals surface area (Å²) in [6, 6.07) is 12.2. The van der Waals surface area contributed by atoms with E-state index < -0.39 is 23.7 Å². The van der Waals surface area contributed by atoms with Crippen LogP contribution in [0.1, 0.15) is 38.7 Å². The predicted molar refractivity (Wildman–Crippen MR) is 132 cm³/mol. The zero-order chi connectivity index (χ0) is 24.9. The number of hydrogen-bond donors (Lipinski definition) is 2. The lowest BCUT2D eigenvalue weighted by Gasteiger charge is -2.22. The number of carboxylic acids is 1. The quantitative estimate of drug-likeness (QED) is 0.246. The van der Waals surface area contributed by atoms with Crippen molar-refractivity contribution in [1.29, 1.82) is 0 Å². The number of pyridine rings is 1. The lowest BCUT2D eigenvalue weighted by molar-refractivity contribution is -0.132. The molecule has 1 atom stereocenters. The smallest absolute Gasteiger partial charge is 0.335 e. The van der Waals surface area contributed by atoms with Crippen molar-refractivity contribution in [2.45, 2.75) is 19.9 Å². The zero-order valence-electron chi connectivity index (χ0n) is 18.7. The number of carbonyl (C=O) groups excluding carboxylic acids is 2. The third-order valence-corrected chi connectivity index (χ3v) is 7.07. The monoisotopic (exact) mass is 485 g/mol. The van der Waals surface area contributed by atoms with Gasteiger partial charge in [0.2, 0.25) is 0 Å². The normalized spacial score (nSPS) is 17.3. The molecule has 0 spiro atoms. The van der Waals surface area contributed by atoms with E-state index in [1.807, 2.05) is 19.9 Å². The van der Waals surface area contributed by atoms with Crippen LogP contribution < -0.4 is 4.90 Å². The Bertz CT molecular complexity index is 1560. The standard InChI is InChI=1S/C26H19N3O5S/c1-13-5-6-15(10-14(13)2)22(30)20-21(17-4-3-9-27-12-17)29(24(32)23(20)31)26-28-18-8-7-16(25(33)34)11-19(18)35-26/h3-12,21,30H,1-2H3,(H,33,34)/b22-20+. The zero-order valence-corrected chi connectivity index (χ0v) is 19.5. The number of aliphatic hydroxyl groups is 1. The summed E-state index contributed by atoms with van der Waals surface area (Å²) in [7, 11) is 0. The molecular formula is C26H19N3O5S. The van der Waals surface area contributed by atoms with Crippen molar-refractivity contribution in [1.82, 2.24) is 9.97 Å². The van der Waals surface area contributed by atoms with E-state index in [2.05, 4.69) is 9.97 Å². The number of carboxylic acid groups (broad SMARTS) is 1. The summed E-state index contributed by atoms with van der Waals surface area (Å²) in [5.74, 6) is -3.02. The topological polar surface area (TPSA) is 121 Å². The number of carbonyl (C=O) groups is 3. The van der Waals surface area contributed by atoms with Crippen molar-refractivity contribution >= 4 is 50.1 Å². The van der Waals surface area contributed by atoms with Crippen LogP contribution in [0.4, 0.5) is 5.13 Å². The molecule has 1 unspecified atom stereocenters. The molecule has 2 N–H and O–H groups in total. The maximum absolute atomic E-state index is 13.3. The number of hydrogen-bond acceptors (Lipinski definition) is 7. The number of Topliss-reactive ketones (excluding diaryl/α,β-unsaturated/α-hetero) is 1. The first-order chi connectivity index (χ1) is 16.8. The third kappa shape index (κ3) is 3.75. The first kappa shape index (κ1) is 22.4. The highest BCUT2D eigenvalue weighted by atomic mass is 32.1. The average Bonchev–Trinajstić information content (AvgIpc) is 3.38. The number of nitrogens with zero attached hydrogens (tertiary/aromatic N) is 3. The highest BCUT2D eigenvalue weighted by Crippen LogP contribution is 2.44. The molecule has 2 aromatic carbocycles. The molecule has 174 valence electrons. The average molecular weight is 486 g/mol. The first-order valence-corrected chi connectivity index (χ1v) is 11.5. The van der Waals surface area contributed by atoms with Gasteiger partial charge in [0.1, 0.15) is 5.76 Å². The third-order valence-electron chi connectivity index (χ3n) is 6.06. The van der Waals surface area contributed by atoms with Crippen LogP contribution in [0.2, 0.25) is 0 Å². The predicted octanol–water partition coefficient (Wildman–Crippen LogP) is 4.63. The number of aromatic carboxylic acids is 1. The van der Waals surface area contributed by atoms with E-state index >= 15 is 0 Å². The molecule has 1 aliphatic heterocycles. The van der Waals surface area contributed by atoms with Crippen molar-refractivity contribution in [3.8, 4) is 0 Å². The fraction of sp³-hybridized carbons (Fsp3) is 0.115. The van der Waals surface area contributed by atoms with Crippen LogP contribution in [-0.4, -0.2) is 37.8 Å². The molecule has 0 radical (unpaired) electrons. The van der Waals surface area contributed by atoms with Crippen LogP contribution in [0.25, 0.3) is 16.0 Å². The summed E-state index contributed by atoms with van der Waals surface area (Å²) in [5.41, 5.74) is 3.45. The number of fused-ring (bicyclic) bond motifs is 1. The maximum atomic E-state index is 13.3. The number of aryl methyl sites for hydroxylation is 2. The summed E-state index contributed by atoms with van der Waals surface area (Å²) in [5, 5.41) is 20.8. The van der Waals surface area contributed by atoms with E-state index in [0.29, 0.717) is 21.3 Å². The molecule has 0 aliphatic carbocycles. The van der Waals surface area contributed by atoms with E-state index in [0.717, 1.165) is 22.5 Å². The first-order valence-electron chi connectivity index (χ1n) is 10.7. The van der Waals surface area contributed by atoms with E-state index in [4.69, 9.17) is 0 Å². The van der Waals surface area contributed by atoms with Crippen LogP contribution in [0.5, 0.6) is 0 Å². The molecule has 8 nitrogen and oxygen atoms in total. The number of aromatic nitrogens is 2. The summed E-state index contributed by atoms with van der Waals surface area (Å²) >= 11 is 1.10. The van der Waals surface area contributed by atoms with Gasteiger partial charge in [-0.25, -0.2) is 9.78 Å². The molecule has 9 heteroatoms. The van der Waals surface area contributed by atoms with Crippen molar-refractivity contribution in [2.24, 2.45) is 0 Å². The van der Waals surface area contributed by atoms with E-state index in [9.17, 15) is 24.6 Å². The number of thiazole rings is 1. The number of anilines is 1. The number of benzene rings is 2. The van der Waals surface area contributed by atoms with E-state index in [1.54, 1.807) is 36.5 Å². The van der Waals surface area contributed by atoms with Gasteiger partial charge in [-0.2, -0.15) is 0 Å². The van der Waals surface area contributed by atoms with Crippen LogP contribution in [0.3, 0.4) is 0 Å². The van der Waals surface area contributed by atoms with Gasteiger partial charge in [-0.1, -0.05) is 29.5 Å². The molecule has 1 aliphatic rings. The SMILES string of the molecule is Cc1ccc(/C(O)=C2\C(=O)C(=O)N(c3nc4ccc(C(=O)O)cc4s3)C2c2cccnc2)cc1C. The molecule has 5 rings (SSSR count). The Morgan fingerprint density at radius 1 is 1.00 bits per heavy atom. The van der Waals surface area contributed by atoms with Gasteiger partial charge in [0.15, 0.2) is 5.13 Å². The maximum Gasteiger partial charge on any atom is 0.335 e. The van der Waals surface area contributed by atoms with Crippen LogP contribution in [-0.2, 0) is 9.59 Å². The van der Waals surface area contributed by atoms with Gasteiger partial charge in [0.25, 0.3) is 5.78 Å². The summed E-state index contributed by atoms with van der Waals surface area (Å²) in [6.07, 6.45) is 3.11. The largest absolute Gasteiger partial charge is 0.507 e. The molecule has 0 bridgehead atoms. The highest BCUT2D eigenvalue weighted by Gasteiger charge is 2.48. The van der Waals surface area contributed by atoms with Gasteiger partial charge in [0.05, 0.1) is 27.4 Å². The van der Waals surface area contributed by atoms with Gasteiger partial charge in [0, 0.05) is 18.0 Å². The molecule has 2 aromatic heterocycles. The molecule has 3 heterocycles. The van der Waals surface area contributed by atoms with E-state index in [1.165, 1.54) is 23.2 Å². The minimum Gasteiger partial charge on any atom is -0.507 e. The Hall–Kier alpha value is -4.37. The van der Waals surface area contributed by atoms with Crippen molar-refractivity contribution in [3.63, 3.8) is 0 Å². The second kappa shape index (κ2) is 8.44. The van der Waals surface area contributed by atoms with Gasteiger partial charge in [-0.3, -0.25) is 19.5 Å². The fourth-order valence-electron chi connectivity index (χ4n) is 4.08. The molecule has 35 heavy (non-hydrogen) atoms. The Morgan fingerprint density at radius 2 is 1.77 bits per heavy atom. The number of amides is 1. The van der Waals surface area contributed by atoms with E-state index in [-0.39, 0.29) is 22.0 Å². The molecule has 0 saturated carbocycles. The highest BCUT2D eigenvalue weighted by molar-refractivity contribution is 7.22. The lowest BCUT2D eigenvalue weighted by Crippen LogP contribution is -2.29. The second-order valence-electron chi connectivity index (χ2n) is 8.24. The van der Waals surface area contributed by atoms with Gasteiger partial charge < -0.3 is 10.2 Å². The van der Waals surface area contributed by atoms with Crippen molar-refractivity contribution in [3.05, 3.63) is 94.3 Å². The van der Waals surface area contributed by atoms with Crippen LogP contribution >= 0.6 is 11.3 Å². The van der Waals surface area contributed by atoms with Crippen molar-refractivity contribution in [2.75, 3.05) is 4.90 Å². The number of aliphatic hydroxyl groups excluding tert-OH is 1. The molecule has 1 amide bonds. The molecule has 1 fully saturated rings. The second-order valence-corrected chi connectivity index (χ2v) is 9.25. The fourth-order valence-corrected chi connectivity index (χ4v) is 5.11. The lowest BCUT2D eigenvalue weighted by atomic mass is 9.95. The molecule has 1 saturated heterocycles. The molecule has 4 aromatic rings. The van der Waals surface area contributed by atoms with Crippen molar-refractivity contribution < 1.29 is 24.6 Å². The molecular weight excluding hydrogens is 466 g/mol. The Morgan fingerprint density at radius 3 is 2.46 bits per heavy atom. The van der Waals surface area contributed by atoms with Gasteiger partial charge in [-0.05, 0) is 60.9 Å². The Kier molecular flexibility index (Phi) is 5.41.